The van der Waals surface area contributed by atoms with Crippen LogP contribution in [0.2, 0.25) is 0 Å². The fourth-order valence-electron chi connectivity index (χ4n) is 4.59. The minimum atomic E-state index is -3.78. The lowest BCUT2D eigenvalue weighted by Crippen LogP contribution is -2.47. The minimum Gasteiger partial charge on any atom is -0.352 e. The van der Waals surface area contributed by atoms with E-state index in [1.807, 2.05) is 33.8 Å². The molecule has 1 fully saturated rings. The number of sulfone groups is 1. The van der Waals surface area contributed by atoms with Gasteiger partial charge >= 0.3 is 0 Å². The van der Waals surface area contributed by atoms with Gasteiger partial charge in [0.25, 0.3) is 0 Å². The summed E-state index contributed by atoms with van der Waals surface area (Å²) in [7, 11) is -3.78. The minimum absolute atomic E-state index is 0.0172. The van der Waals surface area contributed by atoms with E-state index in [9.17, 15) is 22.4 Å². The van der Waals surface area contributed by atoms with Crippen LogP contribution in [0.25, 0.3) is 0 Å². The second-order valence-corrected chi connectivity index (χ2v) is 13.2. The molecule has 1 saturated carbocycles. The number of hydrogen-bond donors (Lipinski definition) is 2. The monoisotopic (exact) mass is 527 g/mol. The predicted octanol–water partition coefficient (Wildman–Crippen LogP) is 4.20. The van der Waals surface area contributed by atoms with Crippen molar-refractivity contribution in [1.82, 2.24) is 10.6 Å². The number of carbonyl (C=O) groups is 2. The van der Waals surface area contributed by atoms with Crippen LogP contribution in [0.4, 0.5) is 10.1 Å². The van der Waals surface area contributed by atoms with Crippen molar-refractivity contribution in [2.24, 2.45) is 10.9 Å². The van der Waals surface area contributed by atoms with E-state index in [0.717, 1.165) is 11.1 Å². The van der Waals surface area contributed by atoms with Gasteiger partial charge in [0.1, 0.15) is 11.5 Å². The van der Waals surface area contributed by atoms with Crippen LogP contribution in [0.3, 0.4) is 0 Å². The van der Waals surface area contributed by atoms with Crippen molar-refractivity contribution in [3.63, 3.8) is 0 Å². The van der Waals surface area contributed by atoms with E-state index in [2.05, 4.69) is 15.6 Å². The Kier molecular flexibility index (Phi) is 7.29. The van der Waals surface area contributed by atoms with E-state index in [1.165, 1.54) is 18.2 Å². The second kappa shape index (κ2) is 10.0. The Hall–Kier alpha value is -3.07. The van der Waals surface area contributed by atoms with Crippen molar-refractivity contribution in [3.8, 4) is 0 Å². The van der Waals surface area contributed by atoms with Crippen molar-refractivity contribution < 1.29 is 22.4 Å². The summed E-state index contributed by atoms with van der Waals surface area (Å²) >= 11 is 0. The molecular weight excluding hydrogens is 493 g/mol. The average molecular weight is 528 g/mol. The normalized spacial score (nSPS) is 16.9. The third-order valence-corrected chi connectivity index (χ3v) is 8.58. The molecule has 2 aromatic carbocycles. The molecule has 2 aliphatic rings. The molecule has 2 amide bonds. The van der Waals surface area contributed by atoms with Crippen LogP contribution in [-0.2, 0) is 25.8 Å². The molecule has 1 heterocycles. The van der Waals surface area contributed by atoms with Crippen molar-refractivity contribution in [2.75, 3.05) is 5.75 Å². The molecule has 2 N–H and O–H groups in total. The van der Waals surface area contributed by atoms with E-state index in [-0.39, 0.29) is 23.6 Å². The summed E-state index contributed by atoms with van der Waals surface area (Å²) in [5.41, 5.74) is 1.54. The van der Waals surface area contributed by atoms with Crippen LogP contribution >= 0.6 is 0 Å². The van der Waals surface area contributed by atoms with E-state index >= 15 is 0 Å². The number of rotatable bonds is 9. The van der Waals surface area contributed by atoms with E-state index < -0.39 is 44.3 Å². The maximum Gasteiger partial charge on any atom is 0.224 e. The lowest BCUT2D eigenvalue weighted by atomic mass is 9.99. The molecular formula is C28H34FN3O4S. The van der Waals surface area contributed by atoms with Crippen molar-refractivity contribution in [1.29, 1.82) is 0 Å². The molecule has 1 aliphatic heterocycles. The molecule has 0 spiro atoms. The van der Waals surface area contributed by atoms with E-state index in [1.54, 1.807) is 18.2 Å². The summed E-state index contributed by atoms with van der Waals surface area (Å²) in [6.07, 6.45) is 1.83. The molecule has 1 aliphatic carbocycles. The van der Waals surface area contributed by atoms with Gasteiger partial charge in [0, 0.05) is 24.1 Å². The van der Waals surface area contributed by atoms with Gasteiger partial charge in [-0.15, -0.1) is 0 Å². The topological polar surface area (TPSA) is 105 Å². The van der Waals surface area contributed by atoms with Gasteiger partial charge < -0.3 is 10.6 Å². The molecule has 0 saturated heterocycles. The molecule has 7 nitrogen and oxygen atoms in total. The molecule has 0 bridgehead atoms. The summed E-state index contributed by atoms with van der Waals surface area (Å²) in [5.74, 6) is -2.43. The lowest BCUT2D eigenvalue weighted by molar-refractivity contribution is -0.126. The van der Waals surface area contributed by atoms with Gasteiger partial charge in [-0.3, -0.25) is 14.6 Å². The summed E-state index contributed by atoms with van der Waals surface area (Å²) < 4.78 is 40.6. The van der Waals surface area contributed by atoms with Crippen LogP contribution < -0.4 is 10.6 Å². The standard InChI is InChI=1S/C28H34FN3O4S/c1-18-8-11-21(12-9-18)37(35,36)17-20(10-13-24(33)31-27(2,3)4)26(34)32-28(14-15-28)23-16-19-6-5-7-22(29)25(19)30-23/h5-9,11-12,20H,10,13-17H2,1-4H3,(H,31,33)(H,32,34)/t20-/m1/s1. The number of aliphatic imine (C=N–C) groups is 1. The van der Waals surface area contributed by atoms with Gasteiger partial charge in [0.2, 0.25) is 11.8 Å². The highest BCUT2D eigenvalue weighted by atomic mass is 32.2. The third kappa shape index (κ3) is 6.44. The quantitative estimate of drug-likeness (QED) is 0.510. The molecule has 2 aromatic rings. The van der Waals surface area contributed by atoms with Crippen molar-refractivity contribution in [2.45, 2.75) is 75.8 Å². The largest absolute Gasteiger partial charge is 0.352 e. The van der Waals surface area contributed by atoms with Gasteiger partial charge in [0.05, 0.1) is 22.1 Å². The number of para-hydroxylation sites is 1. The zero-order valence-corrected chi connectivity index (χ0v) is 22.5. The number of fused-ring (bicyclic) bond motifs is 1. The summed E-state index contributed by atoms with van der Waals surface area (Å²) in [4.78, 5) is 30.6. The number of carbonyl (C=O) groups excluding carboxylic acids is 2. The van der Waals surface area contributed by atoms with Gasteiger partial charge in [0.15, 0.2) is 9.84 Å². The number of halogens is 1. The van der Waals surface area contributed by atoms with E-state index in [0.29, 0.717) is 30.7 Å². The number of nitrogens with one attached hydrogen (secondary N) is 2. The highest BCUT2D eigenvalue weighted by Gasteiger charge is 2.50. The van der Waals surface area contributed by atoms with Gasteiger partial charge in [-0.1, -0.05) is 29.8 Å². The number of amides is 2. The van der Waals surface area contributed by atoms with Crippen LogP contribution in [0.15, 0.2) is 52.4 Å². The second-order valence-electron chi connectivity index (χ2n) is 11.2. The predicted molar refractivity (Wildman–Crippen MR) is 141 cm³/mol. The Balaban J connectivity index is 1.52. The van der Waals surface area contributed by atoms with E-state index in [4.69, 9.17) is 0 Å². The molecule has 4 rings (SSSR count). The number of benzene rings is 2. The first-order valence-electron chi connectivity index (χ1n) is 12.6. The fourth-order valence-corrected chi connectivity index (χ4v) is 6.18. The maximum absolute atomic E-state index is 14.2. The summed E-state index contributed by atoms with van der Waals surface area (Å²) in [6.45, 7) is 7.44. The number of nitrogens with zero attached hydrogens (tertiary/aromatic N) is 1. The Morgan fingerprint density at radius 1 is 1.11 bits per heavy atom. The number of hydrogen-bond acceptors (Lipinski definition) is 5. The number of aryl methyl sites for hydroxylation is 1. The zero-order chi connectivity index (χ0) is 27.0. The Bertz CT molecular complexity index is 1340. The molecule has 0 unspecified atom stereocenters. The Morgan fingerprint density at radius 3 is 2.38 bits per heavy atom. The highest BCUT2D eigenvalue weighted by Crippen LogP contribution is 2.43. The van der Waals surface area contributed by atoms with Crippen LogP contribution in [0.1, 0.15) is 57.6 Å². The van der Waals surface area contributed by atoms with Crippen molar-refractivity contribution in [3.05, 3.63) is 59.4 Å². The average Bonchev–Trinajstić information content (AvgIpc) is 3.43. The third-order valence-electron chi connectivity index (χ3n) is 6.75. The maximum atomic E-state index is 14.2. The molecule has 37 heavy (non-hydrogen) atoms. The first-order valence-corrected chi connectivity index (χ1v) is 14.2. The molecule has 0 aromatic heterocycles. The van der Waals surface area contributed by atoms with Gasteiger partial charge in [-0.25, -0.2) is 12.8 Å². The van der Waals surface area contributed by atoms with Crippen LogP contribution in [0, 0.1) is 18.7 Å². The zero-order valence-electron chi connectivity index (χ0n) is 21.7. The van der Waals surface area contributed by atoms with Crippen LogP contribution in [0.5, 0.6) is 0 Å². The first-order chi connectivity index (χ1) is 17.3. The molecule has 1 atom stereocenters. The molecule has 198 valence electrons. The lowest BCUT2D eigenvalue weighted by Gasteiger charge is -2.24. The summed E-state index contributed by atoms with van der Waals surface area (Å²) in [6, 6.07) is 11.3. The van der Waals surface area contributed by atoms with Crippen molar-refractivity contribution >= 4 is 33.1 Å². The summed E-state index contributed by atoms with van der Waals surface area (Å²) in [5, 5.41) is 5.89. The Morgan fingerprint density at radius 2 is 1.78 bits per heavy atom. The molecule has 9 heteroatoms. The first kappa shape index (κ1) is 27.0. The van der Waals surface area contributed by atoms with Gasteiger partial charge in [-0.2, -0.15) is 0 Å². The molecule has 0 radical (unpaired) electrons. The fraction of sp³-hybridized carbons (Fsp3) is 0.464. The van der Waals surface area contributed by atoms with Crippen LogP contribution in [-0.4, -0.2) is 42.8 Å². The SMILES string of the molecule is Cc1ccc(S(=O)(=O)C[C@@H](CCC(=O)NC(C)(C)C)C(=O)NC2(C3=Nc4c(F)cccc4C3)CC2)cc1. The Labute approximate surface area is 217 Å². The highest BCUT2D eigenvalue weighted by molar-refractivity contribution is 7.91. The smallest absolute Gasteiger partial charge is 0.224 e. The van der Waals surface area contributed by atoms with Gasteiger partial charge in [-0.05, 0) is 70.7 Å².